The first-order valence-corrected chi connectivity index (χ1v) is 19.5. The average molecular weight is 930 g/mol. The normalized spacial score (nSPS) is 10.4. The van der Waals surface area contributed by atoms with Crippen LogP contribution in [0.5, 0.6) is 0 Å². The summed E-state index contributed by atoms with van der Waals surface area (Å²) in [6, 6.07) is 40.0. The molecule has 3 heterocycles. The maximum absolute atomic E-state index is 11.6. The summed E-state index contributed by atoms with van der Waals surface area (Å²) >= 11 is 0. The van der Waals surface area contributed by atoms with E-state index in [4.69, 9.17) is 11.1 Å². The van der Waals surface area contributed by atoms with Crippen LogP contribution in [0, 0.1) is 30.3 Å². The van der Waals surface area contributed by atoms with Crippen molar-refractivity contribution in [3.63, 3.8) is 0 Å². The molecule has 9 aromatic rings. The number of aromatic amines is 1. The monoisotopic (exact) mass is 929 g/mol. The minimum atomic E-state index is -1.10. The van der Waals surface area contributed by atoms with Gasteiger partial charge < -0.3 is 40.5 Å². The molecule has 68 heavy (non-hydrogen) atoms. The van der Waals surface area contributed by atoms with Crippen molar-refractivity contribution in [2.75, 3.05) is 0 Å². The molecule has 338 valence electrons. The summed E-state index contributed by atoms with van der Waals surface area (Å²) < 4.78 is 3.09. The number of non-ortho nitro benzene ring substituents is 3. The van der Waals surface area contributed by atoms with Crippen molar-refractivity contribution in [3.8, 4) is 33.4 Å². The molecule has 0 saturated carbocycles. The molecule has 0 atom stereocenters. The molecule has 9 rings (SSSR count). The molecule has 20 nitrogen and oxygen atoms in total. The van der Waals surface area contributed by atoms with Crippen molar-refractivity contribution in [3.05, 3.63) is 199 Å². The molecule has 0 radical (unpaired) electrons. The Kier molecular flexibility index (Phi) is 16.1. The van der Waals surface area contributed by atoms with Gasteiger partial charge in [-0.2, -0.15) is 0 Å². The largest absolute Gasteiger partial charge is 1.00 e. The Labute approximate surface area is 405 Å². The molecule has 21 heteroatoms. The molecule has 0 bridgehead atoms. The summed E-state index contributed by atoms with van der Waals surface area (Å²) in [6.45, 7) is 0. The van der Waals surface area contributed by atoms with Gasteiger partial charge in [-0.1, -0.05) is 91.0 Å². The van der Waals surface area contributed by atoms with E-state index in [0.717, 1.165) is 0 Å². The number of carbonyl (C=O) groups is 3. The second kappa shape index (κ2) is 21.6. The number of H-pyrrole nitrogens is 1. The Hall–Kier alpha value is -8.53. The van der Waals surface area contributed by atoms with E-state index in [-0.39, 0.29) is 63.7 Å². The third kappa shape index (κ3) is 10.1. The number of nitro benzene ring substituents is 3. The molecule has 6 aromatic carbocycles. The van der Waals surface area contributed by atoms with E-state index < -0.39 is 32.7 Å². The average Bonchev–Trinajstić information content (AvgIpc) is 3.97. The second-order valence-corrected chi connectivity index (χ2v) is 14.4. The molecule has 3 aromatic heterocycles. The number of nitrogens with one attached hydrogen (secondary N) is 2. The SMILES string of the molecule is Cn1c(C(=O)O)c(-c2ccccc2)c2cc([N+](=O)[O-])ccc21.Cn1c(C(=O)O)c(-c2ccccc2)c2cc([N+](=O)[O-])ccc21.O=C(O)c1[nH]c2ccc([N+](=O)[O-])cc2c1-c1ccccc1.[NH-]O.[Na+]. The number of hydrogen-bond donors (Lipinski definition) is 5. The number of aromatic carboxylic acids is 3. The molecule has 0 aliphatic rings. The number of aromatic nitrogens is 3. The van der Waals surface area contributed by atoms with Gasteiger partial charge in [0.2, 0.25) is 0 Å². The molecular weight excluding hydrogens is 894 g/mol. The van der Waals surface area contributed by atoms with E-state index >= 15 is 0 Å². The Morgan fingerprint density at radius 2 is 0.809 bits per heavy atom. The predicted molar refractivity (Wildman–Crippen MR) is 247 cm³/mol. The van der Waals surface area contributed by atoms with Gasteiger partial charge in [-0.15, -0.1) is 0 Å². The summed E-state index contributed by atoms with van der Waals surface area (Å²) in [5, 5.41) is 69.2. The van der Waals surface area contributed by atoms with Crippen LogP contribution in [0.3, 0.4) is 0 Å². The van der Waals surface area contributed by atoms with Gasteiger partial charge in [-0.25, -0.2) is 14.4 Å². The summed E-state index contributed by atoms with van der Waals surface area (Å²) in [4.78, 5) is 69.0. The maximum Gasteiger partial charge on any atom is 1.00 e. The Morgan fingerprint density at radius 3 is 1.13 bits per heavy atom. The van der Waals surface area contributed by atoms with Crippen LogP contribution in [0.4, 0.5) is 17.1 Å². The van der Waals surface area contributed by atoms with Crippen molar-refractivity contribution in [2.45, 2.75) is 0 Å². The van der Waals surface area contributed by atoms with E-state index in [2.05, 4.69) is 4.98 Å². The van der Waals surface area contributed by atoms with Crippen molar-refractivity contribution in [2.24, 2.45) is 14.1 Å². The molecule has 0 aliphatic heterocycles. The smallest absolute Gasteiger partial charge is 0.553 e. The van der Waals surface area contributed by atoms with Crippen LogP contribution < -0.4 is 29.6 Å². The molecule has 0 saturated heterocycles. The van der Waals surface area contributed by atoms with Crippen LogP contribution in [-0.4, -0.2) is 67.3 Å². The van der Waals surface area contributed by atoms with Gasteiger partial charge in [0.25, 0.3) is 17.1 Å². The Balaban J connectivity index is 0.000000186. The number of carboxylic acids is 3. The van der Waals surface area contributed by atoms with Gasteiger partial charge in [-0.3, -0.25) is 30.3 Å². The molecular formula is C47H36N7NaO13. The molecule has 0 unspecified atom stereocenters. The summed E-state index contributed by atoms with van der Waals surface area (Å²) in [6.07, 6.45) is 0. The van der Waals surface area contributed by atoms with Crippen molar-refractivity contribution in [1.82, 2.24) is 14.1 Å². The maximum atomic E-state index is 11.6. The fourth-order valence-corrected chi connectivity index (χ4v) is 7.75. The third-order valence-corrected chi connectivity index (χ3v) is 10.6. The van der Waals surface area contributed by atoms with Gasteiger partial charge in [0.05, 0.1) is 14.8 Å². The summed E-state index contributed by atoms with van der Waals surface area (Å²) in [7, 11) is 3.29. The van der Waals surface area contributed by atoms with E-state index in [0.29, 0.717) is 66.1 Å². The molecule has 0 fully saturated rings. The number of carboxylic acid groups (broad SMARTS) is 3. The van der Waals surface area contributed by atoms with Crippen LogP contribution >= 0.6 is 0 Å². The zero-order valence-corrected chi connectivity index (χ0v) is 38.1. The molecule has 6 N–H and O–H groups in total. The number of aryl methyl sites for hydroxylation is 2. The number of rotatable bonds is 9. The number of nitrogens with zero attached hydrogens (tertiary/aromatic N) is 5. The first-order valence-electron chi connectivity index (χ1n) is 19.5. The van der Waals surface area contributed by atoms with Crippen LogP contribution in [0.15, 0.2) is 146 Å². The van der Waals surface area contributed by atoms with E-state index in [1.807, 2.05) is 18.2 Å². The molecule has 0 spiro atoms. The van der Waals surface area contributed by atoms with Crippen LogP contribution in [0.25, 0.3) is 72.0 Å². The second-order valence-electron chi connectivity index (χ2n) is 14.4. The fourth-order valence-electron chi connectivity index (χ4n) is 7.75. The first-order chi connectivity index (χ1) is 32.1. The van der Waals surface area contributed by atoms with Crippen molar-refractivity contribution < 1.29 is 79.2 Å². The van der Waals surface area contributed by atoms with E-state index in [1.165, 1.54) is 42.5 Å². The van der Waals surface area contributed by atoms with E-state index in [9.17, 15) is 60.0 Å². The minimum Gasteiger partial charge on any atom is -0.553 e. The van der Waals surface area contributed by atoms with Gasteiger partial charge in [0.15, 0.2) is 0 Å². The fraction of sp³-hybridized carbons (Fsp3) is 0.0426. The molecule has 0 amide bonds. The predicted octanol–water partition coefficient (Wildman–Crippen LogP) is 7.78. The minimum absolute atomic E-state index is 0. The Bertz CT molecular complexity index is 3220. The zero-order chi connectivity index (χ0) is 48.7. The van der Waals surface area contributed by atoms with Gasteiger partial charge in [-0.05, 0) is 34.9 Å². The number of hydrogen-bond acceptors (Lipinski definition) is 10. The number of benzene rings is 6. The first kappa shape index (κ1) is 50.5. The van der Waals surface area contributed by atoms with Crippen LogP contribution in [0.2, 0.25) is 0 Å². The van der Waals surface area contributed by atoms with Gasteiger partial charge in [0, 0.05) is 99.9 Å². The third-order valence-electron chi connectivity index (χ3n) is 10.6. The summed E-state index contributed by atoms with van der Waals surface area (Å²) in [5.41, 5.74) is 5.46. The van der Waals surface area contributed by atoms with Crippen molar-refractivity contribution in [1.29, 1.82) is 0 Å². The van der Waals surface area contributed by atoms with E-state index in [1.54, 1.807) is 108 Å². The number of nitro groups is 3. The standard InChI is InChI=1S/2C16H12N2O4.C15H10N2O4.H2NO.Na/c2*1-17-13-8-7-11(18(21)22)9-12(13)14(15(17)16(19)20)10-5-3-2-4-6-10;18-15(19)14-13(9-4-2-1-3-5-9)11-8-10(17(20)21)6-7-12(11)16-14;1-2;/h2*2-9H,1H3,(H,19,20);1-8,16H,(H,18,19);1-2H;/q;;;-1;+1. The zero-order valence-electron chi connectivity index (χ0n) is 36.1. The van der Waals surface area contributed by atoms with Crippen LogP contribution in [-0.2, 0) is 14.1 Å². The topological polar surface area (TPSA) is 311 Å². The molecule has 0 aliphatic carbocycles. The van der Waals surface area contributed by atoms with Gasteiger partial charge in [0.1, 0.15) is 17.1 Å². The van der Waals surface area contributed by atoms with Crippen molar-refractivity contribution >= 4 is 67.7 Å². The Morgan fingerprint density at radius 1 is 0.485 bits per heavy atom. The quantitative estimate of drug-likeness (QED) is 0.0525. The van der Waals surface area contributed by atoms with Crippen LogP contribution in [0.1, 0.15) is 31.5 Å². The number of fused-ring (bicyclic) bond motifs is 3. The van der Waals surface area contributed by atoms with Gasteiger partial charge >= 0.3 is 47.5 Å². The summed E-state index contributed by atoms with van der Waals surface area (Å²) in [5.74, 6) is 1.51.